The van der Waals surface area contributed by atoms with Crippen LogP contribution in [0.5, 0.6) is 0 Å². The largest absolute Gasteiger partial charge is 0.480 e. The molecule has 17 heavy (non-hydrogen) atoms. The zero-order valence-electron chi connectivity index (χ0n) is 8.64. The number of carboxylic acids is 1. The van der Waals surface area contributed by atoms with Gasteiger partial charge in [0.05, 0.1) is 6.61 Å². The lowest BCUT2D eigenvalue weighted by Crippen LogP contribution is -2.47. The van der Waals surface area contributed by atoms with E-state index in [9.17, 15) is 4.79 Å². The van der Waals surface area contributed by atoms with E-state index in [-0.39, 0.29) is 17.2 Å². The van der Waals surface area contributed by atoms with Gasteiger partial charge in [0.2, 0.25) is 5.28 Å². The Kier molecular flexibility index (Phi) is 3.66. The monoisotopic (exact) mass is 277 g/mol. The second kappa shape index (κ2) is 5.03. The second-order valence-corrected chi connectivity index (χ2v) is 4.19. The van der Waals surface area contributed by atoms with Gasteiger partial charge in [0.25, 0.3) is 0 Å². The number of aliphatic carboxylic acids is 1. The lowest BCUT2D eigenvalue weighted by atomic mass is 10.1. The molecule has 6 nitrogen and oxygen atoms in total. The zero-order chi connectivity index (χ0) is 12.4. The molecule has 2 heterocycles. The summed E-state index contributed by atoms with van der Waals surface area (Å²) in [4.78, 5) is 20.2. The zero-order valence-corrected chi connectivity index (χ0v) is 10.1. The van der Waals surface area contributed by atoms with Gasteiger partial charge in [-0.25, -0.2) is 14.8 Å². The lowest BCUT2D eigenvalue weighted by Gasteiger charge is -2.33. The third-order valence-corrected chi connectivity index (χ3v) is 2.74. The molecule has 0 spiro atoms. The molecular weight excluding hydrogens is 269 g/mol. The van der Waals surface area contributed by atoms with Crippen LogP contribution in [0, 0.1) is 0 Å². The van der Waals surface area contributed by atoms with Crippen molar-refractivity contribution < 1.29 is 14.6 Å². The van der Waals surface area contributed by atoms with Crippen LogP contribution in [0.2, 0.25) is 10.4 Å². The molecule has 1 aliphatic rings. The second-order valence-electron chi connectivity index (χ2n) is 3.47. The first kappa shape index (κ1) is 12.3. The van der Waals surface area contributed by atoms with Crippen molar-refractivity contribution in [2.24, 2.45) is 0 Å². The fourth-order valence-electron chi connectivity index (χ4n) is 1.61. The Morgan fingerprint density at radius 2 is 2.29 bits per heavy atom. The number of rotatable bonds is 2. The molecule has 1 aromatic heterocycles. The maximum atomic E-state index is 11.1. The minimum atomic E-state index is -0.931. The molecule has 0 radical (unpaired) electrons. The van der Waals surface area contributed by atoms with Gasteiger partial charge in [-0.1, -0.05) is 11.6 Å². The van der Waals surface area contributed by atoms with Gasteiger partial charge in [-0.2, -0.15) is 0 Å². The summed E-state index contributed by atoms with van der Waals surface area (Å²) in [5.74, 6) is -0.582. The summed E-state index contributed by atoms with van der Waals surface area (Å²) in [6, 6.07) is 0.767. The van der Waals surface area contributed by atoms with Crippen LogP contribution in [0.1, 0.15) is 6.42 Å². The number of anilines is 1. The Bertz CT molecular complexity index is 423. The van der Waals surface area contributed by atoms with Crippen molar-refractivity contribution in [2.45, 2.75) is 12.5 Å². The average Bonchev–Trinajstić information content (AvgIpc) is 2.27. The molecule has 8 heteroatoms. The molecule has 0 aromatic carbocycles. The predicted molar refractivity (Wildman–Crippen MR) is 61.4 cm³/mol. The van der Waals surface area contributed by atoms with Crippen molar-refractivity contribution in [2.75, 3.05) is 18.2 Å². The van der Waals surface area contributed by atoms with Crippen molar-refractivity contribution in [3.05, 3.63) is 16.5 Å². The van der Waals surface area contributed by atoms with Gasteiger partial charge in [-0.15, -0.1) is 0 Å². The smallest absolute Gasteiger partial charge is 0.326 e. The van der Waals surface area contributed by atoms with E-state index < -0.39 is 12.0 Å². The Balaban J connectivity index is 2.32. The summed E-state index contributed by atoms with van der Waals surface area (Å²) in [5, 5.41) is 9.24. The summed E-state index contributed by atoms with van der Waals surface area (Å²) in [6.45, 7) is 0.542. The van der Waals surface area contributed by atoms with Crippen LogP contribution in [0.15, 0.2) is 6.07 Å². The molecular formula is C9H9Cl2N3O3. The van der Waals surface area contributed by atoms with Crippen molar-refractivity contribution in [1.82, 2.24) is 9.97 Å². The van der Waals surface area contributed by atoms with Crippen molar-refractivity contribution in [3.63, 3.8) is 0 Å². The molecule has 0 bridgehead atoms. The summed E-state index contributed by atoms with van der Waals surface area (Å²) < 4.78 is 5.21. The van der Waals surface area contributed by atoms with Gasteiger partial charge in [-0.05, 0) is 11.6 Å². The summed E-state index contributed by atoms with van der Waals surface area (Å²) in [5.41, 5.74) is 0. The average molecular weight is 278 g/mol. The van der Waals surface area contributed by atoms with E-state index in [2.05, 4.69) is 9.97 Å². The van der Waals surface area contributed by atoms with Crippen molar-refractivity contribution in [1.29, 1.82) is 0 Å². The number of hydrogen-bond acceptors (Lipinski definition) is 5. The molecule has 0 amide bonds. The van der Waals surface area contributed by atoms with Gasteiger partial charge in [0, 0.05) is 12.5 Å². The maximum absolute atomic E-state index is 11.1. The van der Waals surface area contributed by atoms with E-state index in [4.69, 9.17) is 33.0 Å². The minimum absolute atomic E-state index is 0.0257. The number of nitrogens with zero attached hydrogens (tertiary/aromatic N) is 3. The summed E-state index contributed by atoms with van der Waals surface area (Å²) in [7, 11) is 0. The molecule has 0 saturated carbocycles. The minimum Gasteiger partial charge on any atom is -0.480 e. The van der Waals surface area contributed by atoms with E-state index in [1.54, 1.807) is 0 Å². The fraction of sp³-hybridized carbons (Fsp3) is 0.444. The highest BCUT2D eigenvalue weighted by Crippen LogP contribution is 2.23. The molecule has 1 atom stereocenters. The number of halogens is 2. The van der Waals surface area contributed by atoms with Crippen LogP contribution in [0.3, 0.4) is 0 Å². The van der Waals surface area contributed by atoms with E-state index in [1.165, 1.54) is 11.0 Å². The van der Waals surface area contributed by atoms with Crippen LogP contribution in [0.25, 0.3) is 0 Å². The van der Waals surface area contributed by atoms with E-state index in [0.717, 1.165) is 0 Å². The quantitative estimate of drug-likeness (QED) is 0.651. The van der Waals surface area contributed by atoms with E-state index in [1.807, 2.05) is 0 Å². The van der Waals surface area contributed by atoms with Crippen LogP contribution in [-0.4, -0.2) is 40.4 Å². The Hall–Kier alpha value is -1.11. The fourth-order valence-corrected chi connectivity index (χ4v) is 2.01. The predicted octanol–water partition coefficient (Wildman–Crippen LogP) is 1.42. The highest BCUT2D eigenvalue weighted by molar-refractivity contribution is 6.32. The Labute approximate surface area is 107 Å². The third-order valence-electron chi connectivity index (χ3n) is 2.38. The van der Waals surface area contributed by atoms with Crippen molar-refractivity contribution in [3.8, 4) is 0 Å². The first-order valence-electron chi connectivity index (χ1n) is 4.85. The Morgan fingerprint density at radius 3 is 2.94 bits per heavy atom. The number of hydrogen-bond donors (Lipinski definition) is 1. The first-order valence-corrected chi connectivity index (χ1v) is 5.61. The lowest BCUT2D eigenvalue weighted by molar-refractivity contribution is -0.140. The van der Waals surface area contributed by atoms with Gasteiger partial charge >= 0.3 is 5.97 Å². The molecule has 0 unspecified atom stereocenters. The standard InChI is InChI=1S/C9H9Cl2N3O3/c10-6-3-7(13-9(11)12-6)14-4-17-2-1-5(14)8(15)16/h3,5H,1-2,4H2,(H,15,16)/t5-/m0/s1. The van der Waals surface area contributed by atoms with Crippen LogP contribution in [-0.2, 0) is 9.53 Å². The molecule has 0 aliphatic carbocycles. The van der Waals surface area contributed by atoms with Crippen LogP contribution < -0.4 is 4.90 Å². The number of ether oxygens (including phenoxy) is 1. The molecule has 1 saturated heterocycles. The molecule has 1 aromatic rings. The highest BCUT2D eigenvalue weighted by atomic mass is 35.5. The third kappa shape index (κ3) is 2.77. The van der Waals surface area contributed by atoms with Gasteiger partial charge in [0.15, 0.2) is 0 Å². The first-order chi connectivity index (χ1) is 8.08. The molecule has 1 aliphatic heterocycles. The van der Waals surface area contributed by atoms with E-state index in [0.29, 0.717) is 18.8 Å². The molecule has 92 valence electrons. The van der Waals surface area contributed by atoms with Gasteiger partial charge in [-0.3, -0.25) is 0 Å². The molecule has 1 N–H and O–H groups in total. The normalized spacial score (nSPS) is 20.4. The SMILES string of the molecule is O=C(O)[C@@H]1CCOCN1c1cc(Cl)nc(Cl)n1. The summed E-state index contributed by atoms with van der Waals surface area (Å²) in [6.07, 6.45) is 0.384. The van der Waals surface area contributed by atoms with Gasteiger partial charge in [0.1, 0.15) is 23.7 Å². The van der Waals surface area contributed by atoms with Crippen LogP contribution in [0.4, 0.5) is 5.82 Å². The highest BCUT2D eigenvalue weighted by Gasteiger charge is 2.30. The number of carbonyl (C=O) groups is 1. The number of aromatic nitrogens is 2. The maximum Gasteiger partial charge on any atom is 0.326 e. The topological polar surface area (TPSA) is 75.6 Å². The van der Waals surface area contributed by atoms with Gasteiger partial charge < -0.3 is 14.7 Å². The molecule has 1 fully saturated rings. The molecule has 2 rings (SSSR count). The Morgan fingerprint density at radius 1 is 1.53 bits per heavy atom. The van der Waals surface area contributed by atoms with Crippen LogP contribution >= 0.6 is 23.2 Å². The summed E-state index contributed by atoms with van der Waals surface area (Å²) >= 11 is 11.4. The number of carboxylic acid groups (broad SMARTS) is 1. The van der Waals surface area contributed by atoms with E-state index >= 15 is 0 Å². The van der Waals surface area contributed by atoms with Crippen molar-refractivity contribution >= 4 is 35.0 Å².